The van der Waals surface area contributed by atoms with Crippen molar-refractivity contribution in [3.63, 3.8) is 0 Å². The van der Waals surface area contributed by atoms with Crippen molar-refractivity contribution in [3.05, 3.63) is 57.0 Å². The second-order valence-corrected chi connectivity index (χ2v) is 4.27. The van der Waals surface area contributed by atoms with Crippen LogP contribution in [0.1, 0.15) is 27.2 Å². The minimum absolute atomic E-state index is 0.153. The van der Waals surface area contributed by atoms with E-state index in [1.165, 1.54) is 6.07 Å². The molecule has 1 aromatic carbocycles. The Kier molecular flexibility index (Phi) is 3.32. The SMILES string of the molecule is Cc1ccc(C(=O)NCc2cc(=O)[nH][nH]2)cc1C. The van der Waals surface area contributed by atoms with Gasteiger partial charge in [-0.3, -0.25) is 14.7 Å². The van der Waals surface area contributed by atoms with Crippen molar-refractivity contribution in [1.82, 2.24) is 15.5 Å². The van der Waals surface area contributed by atoms with E-state index in [1.807, 2.05) is 26.0 Å². The van der Waals surface area contributed by atoms with E-state index < -0.39 is 0 Å². The number of benzene rings is 1. The van der Waals surface area contributed by atoms with Gasteiger partial charge in [0.1, 0.15) is 0 Å². The molecule has 2 aromatic rings. The monoisotopic (exact) mass is 245 g/mol. The van der Waals surface area contributed by atoms with Gasteiger partial charge in [-0.2, -0.15) is 0 Å². The van der Waals surface area contributed by atoms with E-state index >= 15 is 0 Å². The molecular formula is C13H15N3O2. The molecule has 0 spiro atoms. The van der Waals surface area contributed by atoms with Crippen molar-refractivity contribution < 1.29 is 4.79 Å². The maximum atomic E-state index is 11.9. The predicted molar refractivity (Wildman–Crippen MR) is 68.5 cm³/mol. The Morgan fingerprint density at radius 3 is 2.56 bits per heavy atom. The molecule has 0 aliphatic rings. The zero-order valence-electron chi connectivity index (χ0n) is 10.3. The van der Waals surface area contributed by atoms with E-state index in [4.69, 9.17) is 0 Å². The van der Waals surface area contributed by atoms with Gasteiger partial charge in [0.15, 0.2) is 0 Å². The molecule has 3 N–H and O–H groups in total. The molecule has 0 saturated carbocycles. The molecule has 94 valence electrons. The first-order valence-electron chi connectivity index (χ1n) is 5.68. The zero-order chi connectivity index (χ0) is 13.1. The topological polar surface area (TPSA) is 77.8 Å². The highest BCUT2D eigenvalue weighted by Gasteiger charge is 2.06. The Hall–Kier alpha value is -2.30. The van der Waals surface area contributed by atoms with Crippen LogP contribution in [0.3, 0.4) is 0 Å². The minimum Gasteiger partial charge on any atom is -0.346 e. The number of aryl methyl sites for hydroxylation is 2. The van der Waals surface area contributed by atoms with Crippen molar-refractivity contribution in [2.24, 2.45) is 0 Å². The van der Waals surface area contributed by atoms with Crippen molar-refractivity contribution in [2.45, 2.75) is 20.4 Å². The molecule has 1 heterocycles. The number of hydrogen-bond donors (Lipinski definition) is 3. The van der Waals surface area contributed by atoms with Gasteiger partial charge in [0.05, 0.1) is 12.2 Å². The smallest absolute Gasteiger partial charge is 0.264 e. The second-order valence-electron chi connectivity index (χ2n) is 4.27. The van der Waals surface area contributed by atoms with E-state index in [0.29, 0.717) is 17.8 Å². The summed E-state index contributed by atoms with van der Waals surface area (Å²) < 4.78 is 0. The van der Waals surface area contributed by atoms with Gasteiger partial charge in [-0.05, 0) is 37.1 Å². The van der Waals surface area contributed by atoms with Crippen LogP contribution in [-0.2, 0) is 6.54 Å². The number of aromatic nitrogens is 2. The summed E-state index contributed by atoms with van der Waals surface area (Å²) in [4.78, 5) is 22.8. The lowest BCUT2D eigenvalue weighted by Crippen LogP contribution is -2.23. The Morgan fingerprint density at radius 1 is 1.17 bits per heavy atom. The van der Waals surface area contributed by atoms with E-state index in [0.717, 1.165) is 11.1 Å². The van der Waals surface area contributed by atoms with Crippen molar-refractivity contribution in [2.75, 3.05) is 0 Å². The van der Waals surface area contributed by atoms with Gasteiger partial charge in [0, 0.05) is 11.6 Å². The summed E-state index contributed by atoms with van der Waals surface area (Å²) in [6, 6.07) is 6.98. The summed E-state index contributed by atoms with van der Waals surface area (Å²) >= 11 is 0. The molecule has 0 fully saturated rings. The van der Waals surface area contributed by atoms with Gasteiger partial charge >= 0.3 is 0 Å². The number of amides is 1. The summed E-state index contributed by atoms with van der Waals surface area (Å²) in [5, 5.41) is 7.84. The molecule has 2 rings (SSSR count). The second kappa shape index (κ2) is 4.91. The largest absolute Gasteiger partial charge is 0.346 e. The molecule has 0 radical (unpaired) electrons. The van der Waals surface area contributed by atoms with Crippen molar-refractivity contribution in [1.29, 1.82) is 0 Å². The molecule has 1 aromatic heterocycles. The maximum Gasteiger partial charge on any atom is 0.264 e. The minimum atomic E-state index is -0.203. The molecule has 18 heavy (non-hydrogen) atoms. The third-order valence-electron chi connectivity index (χ3n) is 2.86. The summed E-state index contributed by atoms with van der Waals surface area (Å²) in [6.45, 7) is 4.27. The van der Waals surface area contributed by atoms with E-state index in [9.17, 15) is 9.59 Å². The fourth-order valence-electron chi connectivity index (χ4n) is 1.63. The van der Waals surface area contributed by atoms with Crippen molar-refractivity contribution in [3.8, 4) is 0 Å². The Morgan fingerprint density at radius 2 is 1.94 bits per heavy atom. The maximum absolute atomic E-state index is 11.9. The molecule has 0 saturated heterocycles. The van der Waals surface area contributed by atoms with Crippen LogP contribution in [0.25, 0.3) is 0 Å². The molecule has 1 amide bonds. The van der Waals surface area contributed by atoms with Gasteiger partial charge in [-0.1, -0.05) is 6.07 Å². The first kappa shape index (κ1) is 12.2. The van der Waals surface area contributed by atoms with Crippen LogP contribution in [0.4, 0.5) is 0 Å². The van der Waals surface area contributed by atoms with Gasteiger partial charge in [-0.15, -0.1) is 0 Å². The van der Waals surface area contributed by atoms with E-state index in [1.54, 1.807) is 6.07 Å². The van der Waals surface area contributed by atoms with Crippen LogP contribution < -0.4 is 10.9 Å². The van der Waals surface area contributed by atoms with Crippen LogP contribution in [0.15, 0.2) is 29.1 Å². The highest BCUT2D eigenvalue weighted by atomic mass is 16.1. The average molecular weight is 245 g/mol. The number of carbonyl (C=O) groups is 1. The molecular weight excluding hydrogens is 230 g/mol. The highest BCUT2D eigenvalue weighted by molar-refractivity contribution is 5.94. The molecule has 5 nitrogen and oxygen atoms in total. The van der Waals surface area contributed by atoms with Gasteiger partial charge in [0.2, 0.25) is 0 Å². The number of H-pyrrole nitrogens is 2. The van der Waals surface area contributed by atoms with Gasteiger partial charge in [-0.25, -0.2) is 0 Å². The summed E-state index contributed by atoms with van der Waals surface area (Å²) in [5.74, 6) is -0.153. The Bertz CT molecular complexity index is 625. The zero-order valence-corrected chi connectivity index (χ0v) is 10.3. The third-order valence-corrected chi connectivity index (χ3v) is 2.86. The van der Waals surface area contributed by atoms with Crippen LogP contribution in [0.2, 0.25) is 0 Å². The predicted octanol–water partition coefficient (Wildman–Crippen LogP) is 1.25. The Balaban J connectivity index is 2.03. The van der Waals surface area contributed by atoms with E-state index in [-0.39, 0.29) is 11.5 Å². The lowest BCUT2D eigenvalue weighted by molar-refractivity contribution is 0.0950. The number of rotatable bonds is 3. The lowest BCUT2D eigenvalue weighted by Gasteiger charge is -2.06. The summed E-state index contributed by atoms with van der Waals surface area (Å²) in [6.07, 6.45) is 0. The van der Waals surface area contributed by atoms with Crippen LogP contribution >= 0.6 is 0 Å². The number of nitrogens with one attached hydrogen (secondary N) is 3. The first-order valence-corrected chi connectivity index (χ1v) is 5.68. The quantitative estimate of drug-likeness (QED) is 0.761. The molecule has 0 aliphatic heterocycles. The lowest BCUT2D eigenvalue weighted by atomic mass is 10.1. The molecule has 0 aliphatic carbocycles. The number of hydrogen-bond acceptors (Lipinski definition) is 2. The number of aromatic amines is 2. The fraction of sp³-hybridized carbons (Fsp3) is 0.231. The Labute approximate surface area is 104 Å². The third kappa shape index (κ3) is 2.68. The van der Waals surface area contributed by atoms with Crippen LogP contribution in [0, 0.1) is 13.8 Å². The van der Waals surface area contributed by atoms with Crippen molar-refractivity contribution >= 4 is 5.91 Å². The molecule has 0 unspecified atom stereocenters. The number of carbonyl (C=O) groups excluding carboxylic acids is 1. The highest BCUT2D eigenvalue weighted by Crippen LogP contribution is 2.09. The molecule has 5 heteroatoms. The fourth-order valence-corrected chi connectivity index (χ4v) is 1.63. The van der Waals surface area contributed by atoms with Gasteiger partial charge < -0.3 is 10.4 Å². The summed E-state index contributed by atoms with van der Waals surface area (Å²) in [7, 11) is 0. The van der Waals surface area contributed by atoms with Crippen LogP contribution in [0.5, 0.6) is 0 Å². The molecule has 0 atom stereocenters. The van der Waals surface area contributed by atoms with Crippen LogP contribution in [-0.4, -0.2) is 16.1 Å². The van der Waals surface area contributed by atoms with Gasteiger partial charge in [0.25, 0.3) is 11.5 Å². The first-order chi connectivity index (χ1) is 8.56. The normalized spacial score (nSPS) is 10.3. The van der Waals surface area contributed by atoms with E-state index in [2.05, 4.69) is 15.5 Å². The standard InChI is InChI=1S/C13H15N3O2/c1-8-3-4-10(5-9(8)2)13(18)14-7-11-6-12(17)16-15-11/h3-6H,7H2,1-2H3,(H,14,18)(H2,15,16,17). The molecule has 0 bridgehead atoms. The average Bonchev–Trinajstić information content (AvgIpc) is 2.75. The summed E-state index contributed by atoms with van der Waals surface area (Å²) in [5.41, 5.74) is 3.30.